The number of hydrogen-bond donors (Lipinski definition) is 2. The Morgan fingerprint density at radius 3 is 2.76 bits per heavy atom. The van der Waals surface area contributed by atoms with Gasteiger partial charge in [-0.15, -0.1) is 0 Å². The third-order valence-corrected chi connectivity index (χ3v) is 4.52. The molecule has 0 aliphatic heterocycles. The zero-order valence-electron chi connectivity index (χ0n) is 14.0. The van der Waals surface area contributed by atoms with Gasteiger partial charge >= 0.3 is 0 Å². The van der Waals surface area contributed by atoms with Crippen LogP contribution < -0.4 is 10.6 Å². The number of rotatable bonds is 5. The highest BCUT2D eigenvalue weighted by Crippen LogP contribution is 2.22. The lowest BCUT2D eigenvalue weighted by molar-refractivity contribution is 0.503. The zero-order chi connectivity index (χ0) is 17.8. The van der Waals surface area contributed by atoms with E-state index in [1.807, 2.05) is 54.9 Å². The molecular formula is C18H19ClN4OS. The number of benzene rings is 1. The van der Waals surface area contributed by atoms with Crippen molar-refractivity contribution in [3.05, 3.63) is 70.4 Å². The average Bonchev–Trinajstić information content (AvgIpc) is 3.19. The molecule has 7 heteroatoms. The van der Waals surface area contributed by atoms with E-state index in [1.54, 1.807) is 6.26 Å². The number of thiocarbonyl (C=S) groups is 1. The molecule has 0 bridgehead atoms. The Morgan fingerprint density at radius 2 is 2.04 bits per heavy atom. The summed E-state index contributed by atoms with van der Waals surface area (Å²) in [5.74, 6) is 0.826. The number of anilines is 1. The minimum Gasteiger partial charge on any atom is -0.467 e. The van der Waals surface area contributed by atoms with Gasteiger partial charge in [0.1, 0.15) is 5.76 Å². The minimum atomic E-state index is 0.528. The van der Waals surface area contributed by atoms with Crippen LogP contribution in [-0.2, 0) is 13.1 Å². The van der Waals surface area contributed by atoms with Crippen molar-refractivity contribution >= 4 is 34.6 Å². The number of aryl methyl sites for hydroxylation is 1. The van der Waals surface area contributed by atoms with Gasteiger partial charge in [-0.25, -0.2) is 0 Å². The number of halogens is 1. The van der Waals surface area contributed by atoms with Crippen molar-refractivity contribution in [2.45, 2.75) is 26.9 Å². The molecule has 2 heterocycles. The van der Waals surface area contributed by atoms with Crippen LogP contribution >= 0.6 is 23.8 Å². The van der Waals surface area contributed by atoms with E-state index >= 15 is 0 Å². The molecule has 0 aliphatic rings. The van der Waals surface area contributed by atoms with E-state index < -0.39 is 0 Å². The molecule has 3 rings (SSSR count). The van der Waals surface area contributed by atoms with Gasteiger partial charge in [0, 0.05) is 5.02 Å². The van der Waals surface area contributed by atoms with Crippen LogP contribution in [0.1, 0.15) is 22.7 Å². The number of nitrogens with zero attached hydrogens (tertiary/aromatic N) is 2. The first-order chi connectivity index (χ1) is 12.0. The Bertz CT molecular complexity index is 873. The maximum atomic E-state index is 6.25. The lowest BCUT2D eigenvalue weighted by Crippen LogP contribution is -2.28. The molecule has 1 aromatic carbocycles. The molecule has 25 heavy (non-hydrogen) atoms. The second kappa shape index (κ2) is 7.72. The van der Waals surface area contributed by atoms with Gasteiger partial charge in [0.15, 0.2) is 5.11 Å². The molecule has 2 N–H and O–H groups in total. The van der Waals surface area contributed by atoms with Crippen molar-refractivity contribution in [3.8, 4) is 0 Å². The van der Waals surface area contributed by atoms with Crippen molar-refractivity contribution in [1.82, 2.24) is 15.1 Å². The second-order valence-electron chi connectivity index (χ2n) is 5.68. The van der Waals surface area contributed by atoms with Crippen LogP contribution in [0, 0.1) is 13.8 Å². The molecule has 0 atom stereocenters. The van der Waals surface area contributed by atoms with Gasteiger partial charge in [-0.1, -0.05) is 29.8 Å². The standard InChI is InChI=1S/C18H19ClN4OS/c1-12-17(21-18(25)20-10-15-7-5-9-24-15)13(2)23(22-12)11-14-6-3-4-8-16(14)19/h3-9H,10-11H2,1-2H3,(H2,20,21,25). The molecule has 0 aliphatic carbocycles. The molecule has 0 unspecified atom stereocenters. The summed E-state index contributed by atoms with van der Waals surface area (Å²) in [7, 11) is 0. The number of furan rings is 1. The highest BCUT2D eigenvalue weighted by molar-refractivity contribution is 7.80. The van der Waals surface area contributed by atoms with Crippen LogP contribution in [0.15, 0.2) is 47.1 Å². The fourth-order valence-corrected chi connectivity index (χ4v) is 2.93. The quantitative estimate of drug-likeness (QED) is 0.653. The van der Waals surface area contributed by atoms with E-state index in [0.717, 1.165) is 33.4 Å². The zero-order valence-corrected chi connectivity index (χ0v) is 15.6. The van der Waals surface area contributed by atoms with Gasteiger partial charge in [0.2, 0.25) is 0 Å². The normalized spacial score (nSPS) is 10.7. The maximum Gasteiger partial charge on any atom is 0.171 e. The van der Waals surface area contributed by atoms with E-state index in [-0.39, 0.29) is 0 Å². The Labute approximate surface area is 157 Å². The molecular weight excluding hydrogens is 356 g/mol. The van der Waals surface area contributed by atoms with E-state index in [0.29, 0.717) is 18.2 Å². The van der Waals surface area contributed by atoms with E-state index in [4.69, 9.17) is 28.2 Å². The maximum absolute atomic E-state index is 6.25. The van der Waals surface area contributed by atoms with Crippen LogP contribution in [0.5, 0.6) is 0 Å². The molecule has 5 nitrogen and oxygen atoms in total. The minimum absolute atomic E-state index is 0.528. The summed E-state index contributed by atoms with van der Waals surface area (Å²) in [5, 5.41) is 12.2. The molecule has 0 fully saturated rings. The third-order valence-electron chi connectivity index (χ3n) is 3.90. The third kappa shape index (κ3) is 4.21. The molecule has 0 radical (unpaired) electrons. The molecule has 0 saturated carbocycles. The van der Waals surface area contributed by atoms with Crippen LogP contribution in [0.2, 0.25) is 5.02 Å². The number of aromatic nitrogens is 2. The van der Waals surface area contributed by atoms with E-state index in [9.17, 15) is 0 Å². The summed E-state index contributed by atoms with van der Waals surface area (Å²) in [6.07, 6.45) is 1.64. The van der Waals surface area contributed by atoms with Gasteiger partial charge < -0.3 is 15.1 Å². The largest absolute Gasteiger partial charge is 0.467 e. The number of hydrogen-bond acceptors (Lipinski definition) is 3. The first-order valence-corrected chi connectivity index (χ1v) is 8.68. The predicted molar refractivity (Wildman–Crippen MR) is 104 cm³/mol. The van der Waals surface area contributed by atoms with Crippen molar-refractivity contribution in [2.24, 2.45) is 0 Å². The van der Waals surface area contributed by atoms with Crippen molar-refractivity contribution in [1.29, 1.82) is 0 Å². The number of nitrogens with one attached hydrogen (secondary N) is 2. The predicted octanol–water partition coefficient (Wildman–Crippen LogP) is 4.28. The van der Waals surface area contributed by atoms with Gasteiger partial charge in [0.05, 0.1) is 36.4 Å². The molecule has 0 spiro atoms. The molecule has 2 aromatic heterocycles. The smallest absolute Gasteiger partial charge is 0.171 e. The summed E-state index contributed by atoms with van der Waals surface area (Å²) in [6.45, 7) is 5.10. The molecule has 0 saturated heterocycles. The Balaban J connectivity index is 1.69. The van der Waals surface area contributed by atoms with Crippen molar-refractivity contribution in [2.75, 3.05) is 5.32 Å². The topological polar surface area (TPSA) is 55.0 Å². The van der Waals surface area contributed by atoms with Crippen LogP contribution in [-0.4, -0.2) is 14.9 Å². The van der Waals surface area contributed by atoms with Crippen LogP contribution in [0.3, 0.4) is 0 Å². The fraction of sp³-hybridized carbons (Fsp3) is 0.222. The van der Waals surface area contributed by atoms with Gasteiger partial charge in [-0.3, -0.25) is 4.68 Å². The Hall–Kier alpha value is -2.31. The molecule has 0 amide bonds. The summed E-state index contributed by atoms with van der Waals surface area (Å²) >= 11 is 11.6. The first-order valence-electron chi connectivity index (χ1n) is 7.89. The molecule has 3 aromatic rings. The van der Waals surface area contributed by atoms with Crippen LogP contribution in [0.4, 0.5) is 5.69 Å². The highest BCUT2D eigenvalue weighted by Gasteiger charge is 2.14. The summed E-state index contributed by atoms with van der Waals surface area (Å²) in [5.41, 5.74) is 3.81. The van der Waals surface area contributed by atoms with Gasteiger partial charge in [0.25, 0.3) is 0 Å². The summed E-state index contributed by atoms with van der Waals surface area (Å²) in [4.78, 5) is 0. The van der Waals surface area contributed by atoms with Crippen molar-refractivity contribution in [3.63, 3.8) is 0 Å². The lowest BCUT2D eigenvalue weighted by Gasteiger charge is -2.11. The SMILES string of the molecule is Cc1nn(Cc2ccccc2Cl)c(C)c1NC(=S)NCc1ccco1. The van der Waals surface area contributed by atoms with E-state index in [1.165, 1.54) is 0 Å². The summed E-state index contributed by atoms with van der Waals surface area (Å²) < 4.78 is 7.21. The molecule has 130 valence electrons. The highest BCUT2D eigenvalue weighted by atomic mass is 35.5. The van der Waals surface area contributed by atoms with Crippen molar-refractivity contribution < 1.29 is 4.42 Å². The lowest BCUT2D eigenvalue weighted by atomic mass is 10.2. The van der Waals surface area contributed by atoms with Gasteiger partial charge in [-0.2, -0.15) is 5.10 Å². The first kappa shape index (κ1) is 17.5. The average molecular weight is 375 g/mol. The second-order valence-corrected chi connectivity index (χ2v) is 6.50. The summed E-state index contributed by atoms with van der Waals surface area (Å²) in [6, 6.07) is 11.5. The van der Waals surface area contributed by atoms with E-state index in [2.05, 4.69) is 15.7 Å². The fourth-order valence-electron chi connectivity index (χ4n) is 2.56. The van der Waals surface area contributed by atoms with Crippen LogP contribution in [0.25, 0.3) is 0 Å². The Morgan fingerprint density at radius 1 is 1.24 bits per heavy atom. The Kier molecular flexibility index (Phi) is 5.40. The monoisotopic (exact) mass is 374 g/mol. The van der Waals surface area contributed by atoms with Gasteiger partial charge in [-0.05, 0) is 49.8 Å².